The molecule has 1 fully saturated rings. The Kier molecular flexibility index (Phi) is 7.80. The van der Waals surface area contributed by atoms with Gasteiger partial charge in [0.25, 0.3) is 0 Å². The molecule has 0 radical (unpaired) electrons. The normalized spacial score (nSPS) is 15.9. The van der Waals surface area contributed by atoms with Crippen LogP contribution in [0.2, 0.25) is 0 Å². The molecule has 184 valence electrons. The average molecular weight is 494 g/mol. The molecule has 0 aliphatic carbocycles. The molecular weight excluding hydrogens is 462 g/mol. The summed E-state index contributed by atoms with van der Waals surface area (Å²) in [5, 5.41) is 15.3. The van der Waals surface area contributed by atoms with Gasteiger partial charge >= 0.3 is 0 Å². The van der Waals surface area contributed by atoms with E-state index < -0.39 is 6.23 Å². The van der Waals surface area contributed by atoms with E-state index >= 15 is 0 Å². The third kappa shape index (κ3) is 5.53. The van der Waals surface area contributed by atoms with Crippen molar-refractivity contribution in [3.8, 4) is 5.75 Å². The summed E-state index contributed by atoms with van der Waals surface area (Å²) in [7, 11) is 1.62. The Morgan fingerprint density at radius 2 is 2.00 bits per heavy atom. The van der Waals surface area contributed by atoms with E-state index in [0.717, 1.165) is 32.5 Å². The lowest BCUT2D eigenvalue weighted by atomic mass is 9.92. The molecule has 1 aliphatic rings. The van der Waals surface area contributed by atoms with Gasteiger partial charge in [0.05, 0.1) is 7.11 Å². The number of hydrogen-bond acceptors (Lipinski definition) is 8. The number of aliphatic hydroxyl groups excluding tert-OH is 1. The van der Waals surface area contributed by atoms with Crippen LogP contribution in [0.25, 0.3) is 0 Å². The molecule has 0 saturated carbocycles. The molecule has 2 N–H and O–H groups in total. The number of rotatable bonds is 8. The minimum Gasteiger partial charge on any atom is -0.496 e. The lowest BCUT2D eigenvalue weighted by Crippen LogP contribution is -2.49. The maximum atomic E-state index is 11.9. The minimum absolute atomic E-state index is 0.0747. The first-order valence-electron chi connectivity index (χ1n) is 11.6. The monoisotopic (exact) mass is 493 g/mol. The van der Waals surface area contributed by atoms with Crippen molar-refractivity contribution in [2.75, 3.05) is 38.6 Å². The van der Waals surface area contributed by atoms with Crippen LogP contribution in [0.3, 0.4) is 0 Å². The molecule has 1 saturated heterocycles. The molecule has 3 heterocycles. The van der Waals surface area contributed by atoms with Crippen LogP contribution in [-0.4, -0.2) is 64.1 Å². The van der Waals surface area contributed by atoms with Gasteiger partial charge in [-0.05, 0) is 48.4 Å². The molecule has 1 aromatic carbocycles. The van der Waals surface area contributed by atoms with Gasteiger partial charge in [-0.1, -0.05) is 19.6 Å². The molecule has 3 aromatic rings. The second-order valence-corrected chi connectivity index (χ2v) is 9.58. The third-order valence-corrected chi connectivity index (χ3v) is 7.46. The molecular formula is C26H31N5O3S. The van der Waals surface area contributed by atoms with Gasteiger partial charge in [0.15, 0.2) is 5.13 Å². The van der Waals surface area contributed by atoms with Crippen LogP contribution in [0.15, 0.2) is 55.4 Å². The lowest BCUT2D eigenvalue weighted by molar-refractivity contribution is -0.129. The van der Waals surface area contributed by atoms with Gasteiger partial charge in [-0.2, -0.15) is 0 Å². The summed E-state index contributed by atoms with van der Waals surface area (Å²) in [6, 6.07) is 9.72. The van der Waals surface area contributed by atoms with Crippen LogP contribution < -0.4 is 10.1 Å². The zero-order chi connectivity index (χ0) is 24.9. The topological polar surface area (TPSA) is 90.8 Å². The highest BCUT2D eigenvalue weighted by molar-refractivity contribution is 7.15. The van der Waals surface area contributed by atoms with Crippen molar-refractivity contribution in [1.82, 2.24) is 19.8 Å². The van der Waals surface area contributed by atoms with E-state index in [1.54, 1.807) is 29.5 Å². The van der Waals surface area contributed by atoms with Gasteiger partial charge in [-0.15, -0.1) is 11.3 Å². The Hall–Kier alpha value is -3.27. The molecule has 1 aliphatic heterocycles. The van der Waals surface area contributed by atoms with Gasteiger partial charge < -0.3 is 20.1 Å². The zero-order valence-electron chi connectivity index (χ0n) is 20.3. The molecule has 0 bridgehead atoms. The fraction of sp³-hybridized carbons (Fsp3) is 0.346. The highest BCUT2D eigenvalue weighted by Gasteiger charge is 2.28. The summed E-state index contributed by atoms with van der Waals surface area (Å²) in [4.78, 5) is 25.5. The summed E-state index contributed by atoms with van der Waals surface area (Å²) < 4.78 is 5.63. The number of aliphatic hydroxyl groups is 1. The fourth-order valence-corrected chi connectivity index (χ4v) is 5.21. The average Bonchev–Trinajstić information content (AvgIpc) is 3.36. The van der Waals surface area contributed by atoms with Crippen molar-refractivity contribution in [1.29, 1.82) is 0 Å². The lowest BCUT2D eigenvalue weighted by Gasteiger charge is -2.37. The number of pyridine rings is 1. The summed E-state index contributed by atoms with van der Waals surface area (Å²) in [5.74, 6) is 1.40. The Bertz CT molecular complexity index is 1170. The van der Waals surface area contributed by atoms with Crippen molar-refractivity contribution in [3.05, 3.63) is 76.9 Å². The SMILES string of the molecule is C=CC(=O)N1CCN(C(O)c2cc(C(C)c3cnc(Nc4ccccn4)s3)c(C)cc2OC)CC1. The largest absolute Gasteiger partial charge is 0.496 e. The predicted molar refractivity (Wildman–Crippen MR) is 138 cm³/mol. The smallest absolute Gasteiger partial charge is 0.246 e. The molecule has 4 rings (SSSR count). The Morgan fingerprint density at radius 3 is 2.66 bits per heavy atom. The highest BCUT2D eigenvalue weighted by atomic mass is 32.1. The number of nitrogens with zero attached hydrogens (tertiary/aromatic N) is 4. The number of thiazole rings is 1. The standard InChI is InChI=1S/C26H31N5O3S/c1-5-24(32)30-10-12-31(13-11-30)25(33)20-15-19(17(2)14-21(20)34-4)18(3)22-16-28-26(35-22)29-23-8-6-7-9-27-23/h5-9,14-16,18,25,33H,1,10-13H2,2-4H3,(H,27,28,29). The van der Waals surface area contributed by atoms with Crippen LogP contribution in [0.4, 0.5) is 10.9 Å². The molecule has 8 nitrogen and oxygen atoms in total. The second kappa shape index (κ2) is 11.0. The molecule has 9 heteroatoms. The maximum Gasteiger partial charge on any atom is 0.246 e. The van der Waals surface area contributed by atoms with Crippen molar-refractivity contribution in [2.45, 2.75) is 26.0 Å². The molecule has 0 spiro atoms. The van der Waals surface area contributed by atoms with E-state index in [9.17, 15) is 9.90 Å². The van der Waals surface area contributed by atoms with E-state index in [1.165, 1.54) is 6.08 Å². The van der Waals surface area contributed by atoms with Gasteiger partial charge in [0, 0.05) is 54.9 Å². The fourth-order valence-electron chi connectivity index (χ4n) is 4.32. The number of methoxy groups -OCH3 is 1. The summed E-state index contributed by atoms with van der Waals surface area (Å²) in [5.41, 5.74) is 2.91. The Morgan fingerprint density at radius 1 is 1.23 bits per heavy atom. The maximum absolute atomic E-state index is 11.9. The second-order valence-electron chi connectivity index (χ2n) is 8.52. The van der Waals surface area contributed by atoms with Crippen molar-refractivity contribution in [2.24, 2.45) is 0 Å². The Balaban J connectivity index is 1.54. The van der Waals surface area contributed by atoms with E-state index in [4.69, 9.17) is 4.74 Å². The number of hydrogen-bond donors (Lipinski definition) is 2. The van der Waals surface area contributed by atoms with Gasteiger partial charge in [-0.25, -0.2) is 9.97 Å². The zero-order valence-corrected chi connectivity index (χ0v) is 21.1. The number of aromatic nitrogens is 2. The van der Waals surface area contributed by atoms with Crippen LogP contribution >= 0.6 is 11.3 Å². The number of amides is 1. The number of piperazine rings is 1. The van der Waals surface area contributed by atoms with Gasteiger partial charge in [0.1, 0.15) is 17.8 Å². The molecule has 2 unspecified atom stereocenters. The van der Waals surface area contributed by atoms with Crippen molar-refractivity contribution < 1.29 is 14.6 Å². The van der Waals surface area contributed by atoms with Crippen molar-refractivity contribution >= 4 is 28.2 Å². The van der Waals surface area contributed by atoms with Gasteiger partial charge in [-0.3, -0.25) is 9.69 Å². The number of ether oxygens (including phenoxy) is 1. The third-order valence-electron chi connectivity index (χ3n) is 6.36. The number of carbonyl (C=O) groups is 1. The number of nitrogens with one attached hydrogen (secondary N) is 1. The van der Waals surface area contributed by atoms with E-state index in [2.05, 4.69) is 35.7 Å². The molecule has 2 aromatic heterocycles. The highest BCUT2D eigenvalue weighted by Crippen LogP contribution is 2.38. The number of aryl methyl sites for hydroxylation is 1. The molecule has 35 heavy (non-hydrogen) atoms. The van der Waals surface area contributed by atoms with E-state index in [0.29, 0.717) is 31.9 Å². The Labute approximate surface area is 209 Å². The summed E-state index contributed by atoms with van der Waals surface area (Å²) >= 11 is 1.58. The molecule has 1 amide bonds. The first-order chi connectivity index (χ1) is 16.9. The van der Waals surface area contributed by atoms with E-state index in [1.807, 2.05) is 41.4 Å². The quantitative estimate of drug-likeness (QED) is 0.457. The van der Waals surface area contributed by atoms with Crippen molar-refractivity contribution in [3.63, 3.8) is 0 Å². The summed E-state index contributed by atoms with van der Waals surface area (Å²) in [6.45, 7) is 9.99. The van der Waals surface area contributed by atoms with Crippen LogP contribution in [0.1, 0.15) is 40.6 Å². The summed E-state index contributed by atoms with van der Waals surface area (Å²) in [6.07, 6.45) is 4.13. The van der Waals surface area contributed by atoms with Crippen LogP contribution in [0, 0.1) is 6.92 Å². The first-order valence-corrected chi connectivity index (χ1v) is 12.4. The first kappa shape index (κ1) is 24.8. The predicted octanol–water partition coefficient (Wildman–Crippen LogP) is 4.07. The van der Waals surface area contributed by atoms with E-state index in [-0.39, 0.29) is 11.8 Å². The van der Waals surface area contributed by atoms with Crippen LogP contribution in [-0.2, 0) is 4.79 Å². The van der Waals surface area contributed by atoms with Crippen LogP contribution in [0.5, 0.6) is 5.75 Å². The minimum atomic E-state index is -0.833. The van der Waals surface area contributed by atoms with Gasteiger partial charge in [0.2, 0.25) is 5.91 Å². The number of carbonyl (C=O) groups excluding carboxylic acids is 1. The number of benzene rings is 1. The number of anilines is 2. The molecule has 2 atom stereocenters.